The van der Waals surface area contributed by atoms with Crippen LogP contribution in [0.3, 0.4) is 0 Å². The Morgan fingerprint density at radius 1 is 0.903 bits per heavy atom. The molecule has 4 rings (SSSR count). The van der Waals surface area contributed by atoms with Crippen LogP contribution < -0.4 is 9.62 Å². The number of anilines is 2. The summed E-state index contributed by atoms with van der Waals surface area (Å²) in [5.41, 5.74) is 1.97. The number of hydrogen-bond donors (Lipinski definition) is 1. The molecule has 1 atom stereocenters. The molecule has 0 aromatic heterocycles. The minimum Gasteiger partial charge on any atom is -0.280 e. The summed E-state index contributed by atoms with van der Waals surface area (Å²) in [5, 5.41) is -0.511. The summed E-state index contributed by atoms with van der Waals surface area (Å²) < 4.78 is 27.6. The van der Waals surface area contributed by atoms with Gasteiger partial charge in [-0.1, -0.05) is 35.9 Å². The molecule has 2 amide bonds. The number of aryl methyl sites for hydroxylation is 1. The highest BCUT2D eigenvalue weighted by atomic mass is 32.2. The lowest BCUT2D eigenvalue weighted by Crippen LogP contribution is -2.30. The van der Waals surface area contributed by atoms with E-state index in [9.17, 15) is 18.0 Å². The Morgan fingerprint density at radius 3 is 2.19 bits per heavy atom. The molecule has 0 radical (unpaired) electrons. The summed E-state index contributed by atoms with van der Waals surface area (Å²) in [6.45, 7) is 1.89. The maximum atomic E-state index is 12.7. The van der Waals surface area contributed by atoms with Gasteiger partial charge in [0.05, 0.1) is 15.8 Å². The number of carbonyl (C=O) groups is 2. The first-order chi connectivity index (χ1) is 14.8. The number of nitrogens with one attached hydrogen (secondary N) is 1. The largest absolute Gasteiger partial charge is 0.280 e. The zero-order chi connectivity index (χ0) is 22.0. The number of nitrogens with zero attached hydrogens (tertiary/aromatic N) is 1. The standard InChI is InChI=1S/C23H20N2O4S2/c1-16-7-13-20(14-8-16)31(28,29)24-17-9-11-19(12-10-17)30-21-15-22(26)25(23(21)27)18-5-3-2-4-6-18/h2-14,21,24H,15H2,1H3. The minimum absolute atomic E-state index is 0.125. The highest BCUT2D eigenvalue weighted by Crippen LogP contribution is 2.34. The number of rotatable bonds is 6. The second-order valence-corrected chi connectivity index (χ2v) is 10.1. The monoisotopic (exact) mass is 452 g/mol. The third-order valence-corrected chi connectivity index (χ3v) is 7.43. The maximum Gasteiger partial charge on any atom is 0.261 e. The van der Waals surface area contributed by atoms with Gasteiger partial charge in [-0.05, 0) is 55.5 Å². The Balaban J connectivity index is 1.44. The Labute approximate surface area is 185 Å². The second kappa shape index (κ2) is 8.56. The van der Waals surface area contributed by atoms with Crippen LogP contribution in [0.4, 0.5) is 11.4 Å². The number of benzene rings is 3. The molecule has 31 heavy (non-hydrogen) atoms. The molecule has 1 N–H and O–H groups in total. The summed E-state index contributed by atoms with van der Waals surface area (Å²) in [6, 6.07) is 22.2. The average molecular weight is 453 g/mol. The van der Waals surface area contributed by atoms with Crippen molar-refractivity contribution in [2.75, 3.05) is 9.62 Å². The first kappa shape index (κ1) is 21.1. The molecule has 1 aliphatic heterocycles. The van der Waals surface area contributed by atoms with E-state index in [0.29, 0.717) is 11.4 Å². The van der Waals surface area contributed by atoms with Crippen molar-refractivity contribution in [3.63, 3.8) is 0 Å². The van der Waals surface area contributed by atoms with Crippen LogP contribution in [0.15, 0.2) is 88.7 Å². The molecule has 0 spiro atoms. The van der Waals surface area contributed by atoms with Gasteiger partial charge in [-0.25, -0.2) is 13.3 Å². The number of imide groups is 1. The highest BCUT2D eigenvalue weighted by Gasteiger charge is 2.40. The Bertz CT molecular complexity index is 1210. The van der Waals surface area contributed by atoms with Gasteiger partial charge in [0.25, 0.3) is 10.0 Å². The number of sulfonamides is 1. The van der Waals surface area contributed by atoms with Gasteiger partial charge >= 0.3 is 0 Å². The summed E-state index contributed by atoms with van der Waals surface area (Å²) in [4.78, 5) is 27.3. The second-order valence-electron chi connectivity index (χ2n) is 7.16. The molecule has 0 aliphatic carbocycles. The van der Waals surface area contributed by atoms with E-state index in [1.54, 1.807) is 72.8 Å². The van der Waals surface area contributed by atoms with Crippen molar-refractivity contribution in [3.05, 3.63) is 84.4 Å². The van der Waals surface area contributed by atoms with Crippen LogP contribution in [0.5, 0.6) is 0 Å². The van der Waals surface area contributed by atoms with Gasteiger partial charge in [-0.3, -0.25) is 14.3 Å². The molecule has 1 unspecified atom stereocenters. The molecule has 1 heterocycles. The van der Waals surface area contributed by atoms with Crippen molar-refractivity contribution in [2.24, 2.45) is 0 Å². The molecule has 8 heteroatoms. The van der Waals surface area contributed by atoms with E-state index in [4.69, 9.17) is 0 Å². The van der Waals surface area contributed by atoms with E-state index in [0.717, 1.165) is 10.5 Å². The number of amides is 2. The maximum absolute atomic E-state index is 12.7. The Hall–Kier alpha value is -3.10. The lowest BCUT2D eigenvalue weighted by atomic mass is 10.2. The van der Waals surface area contributed by atoms with Gasteiger partial charge in [0, 0.05) is 17.0 Å². The predicted octanol–water partition coefficient (Wildman–Crippen LogP) is 4.22. The van der Waals surface area contributed by atoms with Gasteiger partial charge in [0.15, 0.2) is 0 Å². The third-order valence-electron chi connectivity index (χ3n) is 4.84. The van der Waals surface area contributed by atoms with E-state index < -0.39 is 15.3 Å². The van der Waals surface area contributed by atoms with Crippen LogP contribution in [-0.4, -0.2) is 25.5 Å². The van der Waals surface area contributed by atoms with Crippen molar-refractivity contribution in [2.45, 2.75) is 28.4 Å². The number of hydrogen-bond acceptors (Lipinski definition) is 5. The number of carbonyl (C=O) groups excluding carboxylic acids is 2. The molecule has 6 nitrogen and oxygen atoms in total. The van der Waals surface area contributed by atoms with Crippen LogP contribution in [-0.2, 0) is 19.6 Å². The Kier molecular flexibility index (Phi) is 5.84. The Morgan fingerprint density at radius 2 is 1.55 bits per heavy atom. The SMILES string of the molecule is Cc1ccc(S(=O)(=O)Nc2ccc(SC3CC(=O)N(c4ccccc4)C3=O)cc2)cc1. The topological polar surface area (TPSA) is 83.6 Å². The first-order valence-electron chi connectivity index (χ1n) is 9.61. The summed E-state index contributed by atoms with van der Waals surface area (Å²) >= 11 is 1.30. The lowest BCUT2D eigenvalue weighted by molar-refractivity contribution is -0.121. The predicted molar refractivity (Wildman–Crippen MR) is 122 cm³/mol. The fourth-order valence-corrected chi connectivity index (χ4v) is 5.35. The summed E-state index contributed by atoms with van der Waals surface area (Å²) in [6.07, 6.45) is 0.125. The zero-order valence-electron chi connectivity index (χ0n) is 16.7. The summed E-state index contributed by atoms with van der Waals surface area (Å²) in [5.74, 6) is -0.471. The quantitative estimate of drug-likeness (QED) is 0.566. The van der Waals surface area contributed by atoms with Crippen molar-refractivity contribution in [1.29, 1.82) is 0 Å². The minimum atomic E-state index is -3.68. The van der Waals surface area contributed by atoms with E-state index in [1.807, 2.05) is 13.0 Å². The van der Waals surface area contributed by atoms with Crippen LogP contribution in [0.2, 0.25) is 0 Å². The van der Waals surface area contributed by atoms with Crippen LogP contribution in [0.25, 0.3) is 0 Å². The smallest absolute Gasteiger partial charge is 0.261 e. The molecular formula is C23H20N2O4S2. The number of para-hydroxylation sites is 1. The molecule has 1 fully saturated rings. The number of thioether (sulfide) groups is 1. The van der Waals surface area contributed by atoms with Gasteiger partial charge in [-0.2, -0.15) is 0 Å². The van der Waals surface area contributed by atoms with Gasteiger partial charge in [0.1, 0.15) is 0 Å². The highest BCUT2D eigenvalue weighted by molar-refractivity contribution is 8.00. The van der Waals surface area contributed by atoms with Crippen molar-refractivity contribution in [3.8, 4) is 0 Å². The van der Waals surface area contributed by atoms with Crippen molar-refractivity contribution < 1.29 is 18.0 Å². The molecule has 3 aromatic carbocycles. The zero-order valence-corrected chi connectivity index (χ0v) is 18.3. The molecule has 1 aliphatic rings. The fraction of sp³-hybridized carbons (Fsp3) is 0.130. The van der Waals surface area contributed by atoms with Crippen molar-refractivity contribution in [1.82, 2.24) is 0 Å². The first-order valence-corrected chi connectivity index (χ1v) is 12.0. The molecule has 3 aromatic rings. The molecule has 0 bridgehead atoms. The van der Waals surface area contributed by atoms with E-state index >= 15 is 0 Å². The van der Waals surface area contributed by atoms with E-state index in [2.05, 4.69) is 4.72 Å². The van der Waals surface area contributed by atoms with Crippen LogP contribution >= 0.6 is 11.8 Å². The van der Waals surface area contributed by atoms with Gasteiger partial charge in [-0.15, -0.1) is 11.8 Å². The molecular weight excluding hydrogens is 432 g/mol. The lowest BCUT2D eigenvalue weighted by Gasteiger charge is -2.14. The van der Waals surface area contributed by atoms with Crippen LogP contribution in [0, 0.1) is 6.92 Å². The third kappa shape index (κ3) is 4.65. The average Bonchev–Trinajstić information content (AvgIpc) is 3.03. The fourth-order valence-electron chi connectivity index (χ4n) is 3.24. The summed E-state index contributed by atoms with van der Waals surface area (Å²) in [7, 11) is -3.68. The van der Waals surface area contributed by atoms with E-state index in [-0.39, 0.29) is 23.1 Å². The van der Waals surface area contributed by atoms with Crippen molar-refractivity contribution >= 4 is 45.0 Å². The normalized spacial score (nSPS) is 16.5. The van der Waals surface area contributed by atoms with Crippen LogP contribution in [0.1, 0.15) is 12.0 Å². The molecule has 158 valence electrons. The van der Waals surface area contributed by atoms with E-state index in [1.165, 1.54) is 16.7 Å². The molecule has 0 saturated carbocycles. The van der Waals surface area contributed by atoms with Gasteiger partial charge in [0.2, 0.25) is 11.8 Å². The van der Waals surface area contributed by atoms with Gasteiger partial charge < -0.3 is 0 Å². The molecule has 1 saturated heterocycles.